The molecule has 0 aliphatic heterocycles. The quantitative estimate of drug-likeness (QED) is 0.762. The maximum Gasteiger partial charge on any atom is 0.137 e. The Balaban J connectivity index is 3.32. The fourth-order valence-corrected chi connectivity index (χ4v) is 1.33. The largest absolute Gasteiger partial charge is 0.322 e. The van der Waals surface area contributed by atoms with Crippen LogP contribution in [0.1, 0.15) is 19.4 Å². The summed E-state index contributed by atoms with van der Waals surface area (Å²) in [7, 11) is 0. The lowest BCUT2D eigenvalue weighted by atomic mass is 9.95. The van der Waals surface area contributed by atoms with Crippen LogP contribution in [0.5, 0.6) is 0 Å². The first-order chi connectivity index (χ1) is 5.82. The van der Waals surface area contributed by atoms with Crippen LogP contribution in [0.4, 0.5) is 8.78 Å². The molecule has 0 fully saturated rings. The second-order valence-electron chi connectivity index (χ2n) is 3.47. The van der Waals surface area contributed by atoms with Gasteiger partial charge in [0.1, 0.15) is 11.6 Å². The van der Waals surface area contributed by atoms with Crippen molar-refractivity contribution in [3.63, 3.8) is 0 Å². The third-order valence-corrected chi connectivity index (χ3v) is 2.31. The molecule has 0 saturated carbocycles. The molecule has 0 unspecified atom stereocenters. The molecule has 0 atom stereocenters. The standard InChI is InChI=1S/C9H10BrF2N/c1-9(2,13)5-3-8(12)6(10)4-7(5)11/h3-4H,13H2,1-2H3. The normalized spacial score (nSPS) is 11.8. The Bertz CT molecular complexity index is 331. The molecule has 4 heteroatoms. The minimum absolute atomic E-state index is 0.109. The highest BCUT2D eigenvalue weighted by Crippen LogP contribution is 2.25. The summed E-state index contributed by atoms with van der Waals surface area (Å²) in [6.45, 7) is 3.25. The Morgan fingerprint density at radius 2 is 1.77 bits per heavy atom. The van der Waals surface area contributed by atoms with E-state index in [0.717, 1.165) is 12.1 Å². The van der Waals surface area contributed by atoms with Crippen molar-refractivity contribution in [2.45, 2.75) is 19.4 Å². The van der Waals surface area contributed by atoms with Crippen LogP contribution in [0.3, 0.4) is 0 Å². The summed E-state index contributed by atoms with van der Waals surface area (Å²) in [5, 5.41) is 0. The number of nitrogens with two attached hydrogens (primary N) is 1. The molecule has 0 heterocycles. The number of hydrogen-bond acceptors (Lipinski definition) is 1. The van der Waals surface area contributed by atoms with Gasteiger partial charge in [0.15, 0.2) is 0 Å². The molecule has 2 N–H and O–H groups in total. The van der Waals surface area contributed by atoms with Crippen molar-refractivity contribution in [1.82, 2.24) is 0 Å². The third-order valence-electron chi connectivity index (χ3n) is 1.70. The number of rotatable bonds is 1. The number of halogens is 3. The lowest BCUT2D eigenvalue weighted by Crippen LogP contribution is -2.30. The van der Waals surface area contributed by atoms with Crippen LogP contribution in [-0.2, 0) is 5.54 Å². The summed E-state index contributed by atoms with van der Waals surface area (Å²) in [6, 6.07) is 2.19. The van der Waals surface area contributed by atoms with E-state index in [1.54, 1.807) is 13.8 Å². The van der Waals surface area contributed by atoms with Crippen LogP contribution in [-0.4, -0.2) is 0 Å². The highest BCUT2D eigenvalue weighted by molar-refractivity contribution is 9.10. The zero-order valence-electron chi connectivity index (χ0n) is 7.37. The van der Waals surface area contributed by atoms with Crippen molar-refractivity contribution in [1.29, 1.82) is 0 Å². The average molecular weight is 250 g/mol. The van der Waals surface area contributed by atoms with Crippen molar-refractivity contribution < 1.29 is 8.78 Å². The maximum absolute atomic E-state index is 13.2. The second kappa shape index (κ2) is 3.35. The van der Waals surface area contributed by atoms with E-state index in [2.05, 4.69) is 15.9 Å². The van der Waals surface area contributed by atoms with Gasteiger partial charge in [-0.2, -0.15) is 0 Å². The van der Waals surface area contributed by atoms with Crippen LogP contribution in [0.2, 0.25) is 0 Å². The number of benzene rings is 1. The molecule has 0 amide bonds. The monoisotopic (exact) mass is 249 g/mol. The van der Waals surface area contributed by atoms with Crippen LogP contribution < -0.4 is 5.73 Å². The van der Waals surface area contributed by atoms with E-state index in [1.165, 1.54) is 0 Å². The molecular formula is C9H10BrF2N. The van der Waals surface area contributed by atoms with Gasteiger partial charge in [-0.05, 0) is 41.9 Å². The van der Waals surface area contributed by atoms with Gasteiger partial charge >= 0.3 is 0 Å². The summed E-state index contributed by atoms with van der Waals surface area (Å²) < 4.78 is 26.4. The Kier molecular flexibility index (Phi) is 2.73. The van der Waals surface area contributed by atoms with Gasteiger partial charge in [0.25, 0.3) is 0 Å². The van der Waals surface area contributed by atoms with Gasteiger partial charge in [0, 0.05) is 11.1 Å². The zero-order chi connectivity index (χ0) is 10.2. The van der Waals surface area contributed by atoms with Gasteiger partial charge in [-0.3, -0.25) is 0 Å². The fourth-order valence-electron chi connectivity index (χ4n) is 1.02. The molecule has 0 bridgehead atoms. The number of hydrogen-bond donors (Lipinski definition) is 1. The van der Waals surface area contributed by atoms with Crippen molar-refractivity contribution in [3.05, 3.63) is 33.8 Å². The summed E-state index contributed by atoms with van der Waals surface area (Å²) in [4.78, 5) is 0. The highest BCUT2D eigenvalue weighted by Gasteiger charge is 2.20. The molecule has 0 spiro atoms. The average Bonchev–Trinajstić information content (AvgIpc) is 1.94. The van der Waals surface area contributed by atoms with Gasteiger partial charge in [0.2, 0.25) is 0 Å². The summed E-state index contributed by atoms with van der Waals surface area (Å²) in [5.74, 6) is -1.00. The molecule has 0 saturated heterocycles. The smallest absolute Gasteiger partial charge is 0.137 e. The fraction of sp³-hybridized carbons (Fsp3) is 0.333. The Morgan fingerprint density at radius 1 is 1.23 bits per heavy atom. The van der Waals surface area contributed by atoms with Crippen LogP contribution in [0.25, 0.3) is 0 Å². The minimum atomic E-state index is -0.869. The molecule has 0 aliphatic carbocycles. The van der Waals surface area contributed by atoms with E-state index < -0.39 is 17.2 Å². The predicted octanol–water partition coefficient (Wildman–Crippen LogP) is 2.92. The van der Waals surface area contributed by atoms with Crippen LogP contribution >= 0.6 is 15.9 Å². The molecule has 1 rings (SSSR count). The molecule has 1 aromatic rings. The first-order valence-corrected chi connectivity index (χ1v) is 4.55. The predicted molar refractivity (Wildman–Crippen MR) is 51.3 cm³/mol. The van der Waals surface area contributed by atoms with E-state index in [0.29, 0.717) is 0 Å². The summed E-state index contributed by atoms with van der Waals surface area (Å²) in [5.41, 5.74) is 4.96. The summed E-state index contributed by atoms with van der Waals surface area (Å²) in [6.07, 6.45) is 0. The molecule has 72 valence electrons. The van der Waals surface area contributed by atoms with Crippen LogP contribution in [0.15, 0.2) is 16.6 Å². The van der Waals surface area contributed by atoms with Gasteiger partial charge in [0.05, 0.1) is 4.47 Å². The lowest BCUT2D eigenvalue weighted by Gasteiger charge is -2.20. The molecule has 13 heavy (non-hydrogen) atoms. The molecule has 0 aromatic heterocycles. The first-order valence-electron chi connectivity index (χ1n) is 3.76. The van der Waals surface area contributed by atoms with Gasteiger partial charge in [-0.1, -0.05) is 0 Å². The zero-order valence-corrected chi connectivity index (χ0v) is 8.95. The third kappa shape index (κ3) is 2.25. The molecule has 0 radical (unpaired) electrons. The Morgan fingerprint density at radius 3 is 2.23 bits per heavy atom. The Labute approximate surface area is 84.1 Å². The van der Waals surface area contributed by atoms with Crippen LogP contribution in [0, 0.1) is 11.6 Å². The van der Waals surface area contributed by atoms with E-state index in [-0.39, 0.29) is 10.0 Å². The highest BCUT2D eigenvalue weighted by atomic mass is 79.9. The van der Waals surface area contributed by atoms with Crippen molar-refractivity contribution in [3.8, 4) is 0 Å². The second-order valence-corrected chi connectivity index (χ2v) is 4.32. The molecular weight excluding hydrogens is 240 g/mol. The van der Waals surface area contributed by atoms with E-state index >= 15 is 0 Å². The topological polar surface area (TPSA) is 26.0 Å². The van der Waals surface area contributed by atoms with Crippen molar-refractivity contribution in [2.75, 3.05) is 0 Å². The minimum Gasteiger partial charge on any atom is -0.322 e. The summed E-state index contributed by atoms with van der Waals surface area (Å²) >= 11 is 2.89. The van der Waals surface area contributed by atoms with E-state index in [9.17, 15) is 8.78 Å². The van der Waals surface area contributed by atoms with E-state index in [1.807, 2.05) is 0 Å². The molecule has 1 aromatic carbocycles. The van der Waals surface area contributed by atoms with E-state index in [4.69, 9.17) is 5.73 Å². The van der Waals surface area contributed by atoms with Crippen molar-refractivity contribution >= 4 is 15.9 Å². The van der Waals surface area contributed by atoms with Crippen molar-refractivity contribution in [2.24, 2.45) is 5.73 Å². The van der Waals surface area contributed by atoms with Gasteiger partial charge in [-0.25, -0.2) is 8.78 Å². The van der Waals surface area contributed by atoms with Gasteiger partial charge < -0.3 is 5.73 Å². The molecule has 1 nitrogen and oxygen atoms in total. The lowest BCUT2D eigenvalue weighted by molar-refractivity contribution is 0.491. The first kappa shape index (κ1) is 10.6. The maximum atomic E-state index is 13.2. The molecule has 0 aliphatic rings. The SMILES string of the molecule is CC(C)(N)c1cc(F)c(Br)cc1F. The van der Waals surface area contributed by atoms with Gasteiger partial charge in [-0.15, -0.1) is 0 Å². The Hall–Kier alpha value is -0.480.